The zero-order valence-electron chi connectivity index (χ0n) is 10.8. The lowest BCUT2D eigenvalue weighted by molar-refractivity contribution is 0.414. The van der Waals surface area contributed by atoms with Gasteiger partial charge in [0.2, 0.25) is 0 Å². The van der Waals surface area contributed by atoms with Crippen LogP contribution in [0.15, 0.2) is 47.4 Å². The van der Waals surface area contributed by atoms with Crippen molar-refractivity contribution in [1.82, 2.24) is 0 Å². The fourth-order valence-electron chi connectivity index (χ4n) is 1.83. The fourth-order valence-corrected chi connectivity index (χ4v) is 3.15. The number of rotatable bonds is 4. The molecule has 0 aliphatic rings. The standard InChI is InChI=1S/C14H14FNO3S/c1-19-13-7-10(6-12(16)8-13)9-20(17,18)14-4-2-11(15)3-5-14/h2-8H,9,16H2,1H3. The molecule has 0 aromatic heterocycles. The van der Waals surface area contributed by atoms with Gasteiger partial charge in [-0.15, -0.1) is 0 Å². The first kappa shape index (κ1) is 14.3. The highest BCUT2D eigenvalue weighted by molar-refractivity contribution is 7.90. The van der Waals surface area contributed by atoms with Crippen LogP contribution >= 0.6 is 0 Å². The van der Waals surface area contributed by atoms with Crippen molar-refractivity contribution in [3.8, 4) is 5.75 Å². The van der Waals surface area contributed by atoms with E-state index in [1.54, 1.807) is 18.2 Å². The number of nitrogens with two attached hydrogens (primary N) is 1. The van der Waals surface area contributed by atoms with Gasteiger partial charge >= 0.3 is 0 Å². The third-order valence-electron chi connectivity index (χ3n) is 2.75. The molecule has 2 N–H and O–H groups in total. The van der Waals surface area contributed by atoms with E-state index in [0.29, 0.717) is 17.0 Å². The second-order valence-electron chi connectivity index (χ2n) is 4.33. The van der Waals surface area contributed by atoms with E-state index in [4.69, 9.17) is 10.5 Å². The number of hydrogen-bond donors (Lipinski definition) is 1. The average Bonchev–Trinajstić information content (AvgIpc) is 2.37. The number of sulfone groups is 1. The Balaban J connectivity index is 2.33. The van der Waals surface area contributed by atoms with E-state index in [9.17, 15) is 12.8 Å². The largest absolute Gasteiger partial charge is 0.497 e. The van der Waals surface area contributed by atoms with Gasteiger partial charge in [0.15, 0.2) is 9.84 Å². The molecule has 0 bridgehead atoms. The molecule has 0 fully saturated rings. The molecule has 2 rings (SSSR count). The number of ether oxygens (including phenoxy) is 1. The van der Waals surface area contributed by atoms with Crippen molar-refractivity contribution < 1.29 is 17.5 Å². The Labute approximate surface area is 116 Å². The maximum atomic E-state index is 12.8. The van der Waals surface area contributed by atoms with Gasteiger partial charge < -0.3 is 10.5 Å². The molecule has 0 unspecified atom stereocenters. The highest BCUT2D eigenvalue weighted by Gasteiger charge is 2.16. The second-order valence-corrected chi connectivity index (χ2v) is 6.32. The molecular weight excluding hydrogens is 281 g/mol. The van der Waals surface area contributed by atoms with E-state index >= 15 is 0 Å². The molecule has 2 aromatic carbocycles. The van der Waals surface area contributed by atoms with Crippen LogP contribution in [0.2, 0.25) is 0 Å². The normalized spacial score (nSPS) is 11.3. The summed E-state index contributed by atoms with van der Waals surface area (Å²) in [4.78, 5) is 0.0697. The maximum absolute atomic E-state index is 12.8. The van der Waals surface area contributed by atoms with Crippen molar-refractivity contribution in [3.63, 3.8) is 0 Å². The van der Waals surface area contributed by atoms with Crippen LogP contribution in [0.1, 0.15) is 5.56 Å². The molecule has 2 aromatic rings. The van der Waals surface area contributed by atoms with Gasteiger partial charge in [0.25, 0.3) is 0 Å². The minimum Gasteiger partial charge on any atom is -0.497 e. The molecular formula is C14H14FNO3S. The SMILES string of the molecule is COc1cc(N)cc(CS(=O)(=O)c2ccc(F)cc2)c1. The van der Waals surface area contributed by atoms with Gasteiger partial charge in [-0.05, 0) is 42.0 Å². The van der Waals surface area contributed by atoms with Gasteiger partial charge in [0, 0.05) is 11.8 Å². The first-order valence-corrected chi connectivity index (χ1v) is 7.48. The lowest BCUT2D eigenvalue weighted by atomic mass is 10.2. The molecule has 0 atom stereocenters. The predicted molar refractivity (Wildman–Crippen MR) is 74.7 cm³/mol. The molecule has 0 radical (unpaired) electrons. The summed E-state index contributed by atoms with van der Waals surface area (Å²) in [5.41, 5.74) is 6.63. The Hall–Kier alpha value is -2.08. The molecule has 0 saturated carbocycles. The van der Waals surface area contributed by atoms with E-state index in [0.717, 1.165) is 12.1 Å². The molecule has 0 spiro atoms. The Morgan fingerprint density at radius 3 is 2.40 bits per heavy atom. The van der Waals surface area contributed by atoms with E-state index in [1.165, 1.54) is 19.2 Å². The van der Waals surface area contributed by atoms with Crippen molar-refractivity contribution in [3.05, 3.63) is 53.8 Å². The summed E-state index contributed by atoms with van der Waals surface area (Å²) in [6, 6.07) is 9.51. The predicted octanol–water partition coefficient (Wildman–Crippen LogP) is 2.39. The molecule has 0 aliphatic heterocycles. The molecule has 106 valence electrons. The molecule has 0 saturated heterocycles. The number of benzene rings is 2. The maximum Gasteiger partial charge on any atom is 0.182 e. The minimum atomic E-state index is -3.55. The van der Waals surface area contributed by atoms with Gasteiger partial charge in [0.05, 0.1) is 17.8 Å². The number of nitrogen functional groups attached to an aromatic ring is 1. The first-order chi connectivity index (χ1) is 9.40. The smallest absolute Gasteiger partial charge is 0.182 e. The quantitative estimate of drug-likeness (QED) is 0.694. The van der Waals surface area contributed by atoms with Crippen molar-refractivity contribution in [2.24, 2.45) is 0 Å². The summed E-state index contributed by atoms with van der Waals surface area (Å²) >= 11 is 0. The first-order valence-electron chi connectivity index (χ1n) is 5.82. The van der Waals surface area contributed by atoms with E-state index < -0.39 is 15.7 Å². The van der Waals surface area contributed by atoms with Crippen LogP contribution in [-0.4, -0.2) is 15.5 Å². The summed E-state index contributed by atoms with van der Waals surface area (Å²) in [5, 5.41) is 0. The van der Waals surface area contributed by atoms with Crippen LogP contribution in [0.3, 0.4) is 0 Å². The third kappa shape index (κ3) is 3.27. The van der Waals surface area contributed by atoms with Gasteiger partial charge in [-0.25, -0.2) is 12.8 Å². The third-order valence-corrected chi connectivity index (χ3v) is 4.46. The number of anilines is 1. The minimum absolute atomic E-state index is 0.0697. The van der Waals surface area contributed by atoms with E-state index in [1.807, 2.05) is 0 Å². The molecule has 20 heavy (non-hydrogen) atoms. The Kier molecular flexibility index (Phi) is 3.94. The van der Waals surface area contributed by atoms with E-state index in [-0.39, 0.29) is 10.6 Å². The number of methoxy groups -OCH3 is 1. The van der Waals surface area contributed by atoms with E-state index in [2.05, 4.69) is 0 Å². The van der Waals surface area contributed by atoms with Crippen molar-refractivity contribution in [1.29, 1.82) is 0 Å². The topological polar surface area (TPSA) is 69.4 Å². The summed E-state index contributed by atoms with van der Waals surface area (Å²) in [6.45, 7) is 0. The number of hydrogen-bond acceptors (Lipinski definition) is 4. The van der Waals surface area contributed by atoms with Crippen molar-refractivity contribution >= 4 is 15.5 Å². The van der Waals surface area contributed by atoms with Gasteiger partial charge in [-0.3, -0.25) is 0 Å². The second kappa shape index (κ2) is 5.50. The Morgan fingerprint density at radius 2 is 1.80 bits per heavy atom. The summed E-state index contributed by atoms with van der Waals surface area (Å²) in [6.07, 6.45) is 0. The molecule has 6 heteroatoms. The molecule has 0 heterocycles. The fraction of sp³-hybridized carbons (Fsp3) is 0.143. The van der Waals surface area contributed by atoms with Crippen LogP contribution in [0, 0.1) is 5.82 Å². The summed E-state index contributed by atoms with van der Waals surface area (Å²) < 4.78 is 42.3. The Bertz CT molecular complexity index is 712. The van der Waals surface area contributed by atoms with Gasteiger partial charge in [-0.2, -0.15) is 0 Å². The highest BCUT2D eigenvalue weighted by atomic mass is 32.2. The average molecular weight is 295 g/mol. The van der Waals surface area contributed by atoms with Crippen molar-refractivity contribution in [2.75, 3.05) is 12.8 Å². The lowest BCUT2D eigenvalue weighted by Gasteiger charge is -2.08. The van der Waals surface area contributed by atoms with Crippen LogP contribution in [-0.2, 0) is 15.6 Å². The molecule has 0 aliphatic carbocycles. The van der Waals surface area contributed by atoms with Crippen molar-refractivity contribution in [2.45, 2.75) is 10.6 Å². The summed E-state index contributed by atoms with van der Waals surface area (Å²) in [7, 11) is -2.07. The summed E-state index contributed by atoms with van der Waals surface area (Å²) in [5.74, 6) is -0.205. The Morgan fingerprint density at radius 1 is 1.15 bits per heavy atom. The zero-order chi connectivity index (χ0) is 14.8. The van der Waals surface area contributed by atoms with Gasteiger partial charge in [-0.1, -0.05) is 0 Å². The van der Waals surface area contributed by atoms with Crippen LogP contribution in [0.25, 0.3) is 0 Å². The lowest BCUT2D eigenvalue weighted by Crippen LogP contribution is -2.05. The highest BCUT2D eigenvalue weighted by Crippen LogP contribution is 2.23. The van der Waals surface area contributed by atoms with Gasteiger partial charge in [0.1, 0.15) is 11.6 Å². The molecule has 4 nitrogen and oxygen atoms in total. The number of halogens is 1. The van der Waals surface area contributed by atoms with Crippen LogP contribution in [0.4, 0.5) is 10.1 Å². The van der Waals surface area contributed by atoms with Crippen LogP contribution < -0.4 is 10.5 Å². The zero-order valence-corrected chi connectivity index (χ0v) is 11.7. The molecule has 0 amide bonds. The monoisotopic (exact) mass is 295 g/mol. The van der Waals surface area contributed by atoms with Crippen LogP contribution in [0.5, 0.6) is 5.75 Å².